The second kappa shape index (κ2) is 16.7. The zero-order valence-electron chi connectivity index (χ0n) is 26.6. The van der Waals surface area contributed by atoms with E-state index in [4.69, 9.17) is 51.6 Å². The maximum atomic E-state index is 13.0. The van der Waals surface area contributed by atoms with Gasteiger partial charge in [-0.05, 0) is 55.0 Å². The number of rotatable bonds is 10. The van der Waals surface area contributed by atoms with Gasteiger partial charge in [0.1, 0.15) is 35.9 Å². The predicted octanol–water partition coefficient (Wildman–Crippen LogP) is 6.36. The molecule has 2 aliphatic carbocycles. The summed E-state index contributed by atoms with van der Waals surface area (Å²) in [6.45, 7) is 2.63. The Balaban J connectivity index is 1.53. The van der Waals surface area contributed by atoms with Gasteiger partial charge in [0.15, 0.2) is 0 Å². The van der Waals surface area contributed by atoms with Crippen LogP contribution in [0.15, 0.2) is 71.8 Å². The molecular weight excluding hydrogens is 651 g/mol. The Labute approximate surface area is 283 Å². The molecule has 0 spiro atoms. The lowest BCUT2D eigenvalue weighted by Crippen LogP contribution is -2.31. The molecule has 10 nitrogen and oxygen atoms in total. The summed E-state index contributed by atoms with van der Waals surface area (Å²) in [5, 5.41) is -1.46. The SMILES string of the molecule is COc1ccc(C(=O)O[C@H]2C[C@H](OC(C)=O)CC(CC3=C[C@H](Cl)[C@H](OC(=O)c4ccc(OC)cc4)C[C@@H](OC(C)=O)C3)=C[C@H]2Cl)cc1. The van der Waals surface area contributed by atoms with E-state index < -0.39 is 59.0 Å². The fourth-order valence-electron chi connectivity index (χ4n) is 5.63. The molecule has 0 amide bonds. The molecule has 0 aromatic heterocycles. The first-order valence-corrected chi connectivity index (χ1v) is 16.0. The molecule has 0 heterocycles. The summed E-state index contributed by atoms with van der Waals surface area (Å²) in [5.74, 6) is -0.908. The van der Waals surface area contributed by atoms with E-state index in [0.29, 0.717) is 41.9 Å². The van der Waals surface area contributed by atoms with E-state index in [1.54, 1.807) is 60.7 Å². The summed E-state index contributed by atoms with van der Waals surface area (Å²) in [5.41, 5.74) is 2.29. The minimum absolute atomic E-state index is 0.187. The number of alkyl halides is 2. The average molecular weight is 690 g/mol. The summed E-state index contributed by atoms with van der Waals surface area (Å²) in [6, 6.07) is 13.0. The van der Waals surface area contributed by atoms with Crippen molar-refractivity contribution < 1.29 is 47.6 Å². The van der Waals surface area contributed by atoms with Crippen LogP contribution in [-0.4, -0.2) is 73.3 Å². The number of carbonyl (C=O) groups excluding carboxylic acids is 4. The lowest BCUT2D eigenvalue weighted by Gasteiger charge is -2.23. The van der Waals surface area contributed by atoms with Crippen LogP contribution in [0.5, 0.6) is 11.5 Å². The fraction of sp³-hybridized carbons (Fsp3) is 0.429. The van der Waals surface area contributed by atoms with Crippen LogP contribution < -0.4 is 9.47 Å². The van der Waals surface area contributed by atoms with E-state index in [1.165, 1.54) is 28.1 Å². The summed E-state index contributed by atoms with van der Waals surface area (Å²) >= 11 is 13.6. The van der Waals surface area contributed by atoms with Gasteiger partial charge in [-0.2, -0.15) is 0 Å². The van der Waals surface area contributed by atoms with Crippen LogP contribution in [0.25, 0.3) is 0 Å². The van der Waals surface area contributed by atoms with Crippen molar-refractivity contribution in [1.82, 2.24) is 0 Å². The van der Waals surface area contributed by atoms with Crippen molar-refractivity contribution in [3.63, 3.8) is 0 Å². The molecule has 0 aliphatic heterocycles. The first kappa shape index (κ1) is 35.8. The van der Waals surface area contributed by atoms with Gasteiger partial charge in [0.25, 0.3) is 0 Å². The zero-order valence-corrected chi connectivity index (χ0v) is 28.1. The Hall–Kier alpha value is -4.02. The monoisotopic (exact) mass is 688 g/mol. The predicted molar refractivity (Wildman–Crippen MR) is 174 cm³/mol. The molecule has 0 N–H and O–H groups in total. The van der Waals surface area contributed by atoms with Crippen molar-refractivity contribution in [3.8, 4) is 11.5 Å². The number of hydrogen-bond acceptors (Lipinski definition) is 10. The molecule has 2 aromatic carbocycles. The second-order valence-corrected chi connectivity index (χ2v) is 12.4. The highest BCUT2D eigenvalue weighted by Crippen LogP contribution is 2.35. The van der Waals surface area contributed by atoms with Gasteiger partial charge in [-0.1, -0.05) is 23.3 Å². The molecular formula is C35H38Cl2O10. The van der Waals surface area contributed by atoms with E-state index >= 15 is 0 Å². The number of esters is 4. The van der Waals surface area contributed by atoms with Gasteiger partial charge in [-0.25, -0.2) is 9.59 Å². The molecule has 0 radical (unpaired) electrons. The summed E-state index contributed by atoms with van der Waals surface area (Å²) in [7, 11) is 3.06. The third-order valence-corrected chi connectivity index (χ3v) is 8.57. The van der Waals surface area contributed by atoms with Crippen LogP contribution >= 0.6 is 23.2 Å². The van der Waals surface area contributed by atoms with Crippen molar-refractivity contribution in [2.75, 3.05) is 14.2 Å². The third kappa shape index (κ3) is 10.5. The Bertz CT molecular complexity index is 1370. The molecule has 0 saturated carbocycles. The van der Waals surface area contributed by atoms with Gasteiger partial charge in [-0.15, -0.1) is 23.2 Å². The number of halogens is 2. The van der Waals surface area contributed by atoms with Crippen molar-refractivity contribution in [2.24, 2.45) is 0 Å². The first-order valence-electron chi connectivity index (χ1n) is 15.2. The van der Waals surface area contributed by atoms with Crippen molar-refractivity contribution in [3.05, 3.63) is 83.0 Å². The molecule has 2 aliphatic rings. The number of benzene rings is 2. The largest absolute Gasteiger partial charge is 0.497 e. The Morgan fingerprint density at radius 1 is 0.617 bits per heavy atom. The lowest BCUT2D eigenvalue weighted by atomic mass is 9.96. The highest BCUT2D eigenvalue weighted by molar-refractivity contribution is 6.22. The molecule has 0 fully saturated rings. The molecule has 6 atom stereocenters. The van der Waals surface area contributed by atoms with E-state index in [9.17, 15) is 19.2 Å². The quantitative estimate of drug-likeness (QED) is 0.120. The molecule has 0 bridgehead atoms. The highest BCUT2D eigenvalue weighted by Gasteiger charge is 2.35. The minimum atomic E-state index is -0.785. The third-order valence-electron chi connectivity index (χ3n) is 7.76. The molecule has 0 unspecified atom stereocenters. The van der Waals surface area contributed by atoms with Crippen molar-refractivity contribution >= 4 is 47.1 Å². The topological polar surface area (TPSA) is 124 Å². The van der Waals surface area contributed by atoms with Crippen LogP contribution in [0, 0.1) is 0 Å². The molecule has 12 heteroatoms. The average Bonchev–Trinajstić information content (AvgIpc) is 3.25. The maximum absolute atomic E-state index is 13.0. The molecule has 47 heavy (non-hydrogen) atoms. The van der Waals surface area contributed by atoms with Crippen LogP contribution in [0.1, 0.15) is 66.7 Å². The lowest BCUT2D eigenvalue weighted by molar-refractivity contribution is -0.148. The number of carbonyl (C=O) groups is 4. The van der Waals surface area contributed by atoms with Crippen LogP contribution in [-0.2, 0) is 28.5 Å². The summed E-state index contributed by atoms with van der Waals surface area (Å²) in [4.78, 5) is 49.9. The fourth-order valence-corrected chi connectivity index (χ4v) is 6.29. The minimum Gasteiger partial charge on any atom is -0.497 e. The molecule has 252 valence electrons. The van der Waals surface area contributed by atoms with Crippen LogP contribution in [0.4, 0.5) is 0 Å². The number of methoxy groups -OCH3 is 2. The zero-order chi connectivity index (χ0) is 34.1. The van der Waals surface area contributed by atoms with Gasteiger partial charge in [0.05, 0.1) is 36.1 Å². The number of ether oxygens (including phenoxy) is 6. The van der Waals surface area contributed by atoms with Crippen molar-refractivity contribution in [1.29, 1.82) is 0 Å². The van der Waals surface area contributed by atoms with Gasteiger partial charge in [-0.3, -0.25) is 9.59 Å². The summed E-state index contributed by atoms with van der Waals surface area (Å²) < 4.78 is 33.1. The molecule has 2 aromatic rings. The van der Waals surface area contributed by atoms with Gasteiger partial charge >= 0.3 is 23.9 Å². The van der Waals surface area contributed by atoms with Gasteiger partial charge < -0.3 is 28.4 Å². The Kier molecular flexibility index (Phi) is 12.7. The van der Waals surface area contributed by atoms with Crippen LogP contribution in [0.2, 0.25) is 0 Å². The van der Waals surface area contributed by atoms with Crippen LogP contribution in [0.3, 0.4) is 0 Å². The summed E-state index contributed by atoms with van der Waals surface area (Å²) in [6.07, 6.45) is 2.20. The van der Waals surface area contributed by atoms with Gasteiger partial charge in [0.2, 0.25) is 0 Å². The smallest absolute Gasteiger partial charge is 0.338 e. The van der Waals surface area contributed by atoms with E-state index in [2.05, 4.69) is 0 Å². The first-order chi connectivity index (χ1) is 22.4. The number of hydrogen-bond donors (Lipinski definition) is 0. The van der Waals surface area contributed by atoms with Gasteiger partial charge in [0, 0.05) is 39.5 Å². The molecule has 0 saturated heterocycles. The van der Waals surface area contributed by atoms with E-state index in [0.717, 1.165) is 11.1 Å². The standard InChI is InChI=1S/C35H38Cl2O10/c1-20(38)44-28-14-22(16-30(36)32(18-28)46-34(40)24-5-9-26(42-3)10-6-24)13-23-15-29(45-21(2)39)19-33(31(37)17-23)47-35(41)25-7-11-27(43-4)12-8-25/h5-12,16-17,28-33H,13-15,18-19H2,1-4H3/t28-,29+,30-,31+,32+,33-. The Morgan fingerprint density at radius 3 is 1.30 bits per heavy atom. The second-order valence-electron chi connectivity index (χ2n) is 11.4. The normalized spacial score (nSPS) is 24.3. The van der Waals surface area contributed by atoms with E-state index in [1.807, 2.05) is 0 Å². The maximum Gasteiger partial charge on any atom is 0.338 e. The van der Waals surface area contributed by atoms with Crippen molar-refractivity contribution in [2.45, 2.75) is 81.1 Å². The van der Waals surface area contributed by atoms with E-state index in [-0.39, 0.29) is 12.8 Å². The highest BCUT2D eigenvalue weighted by atomic mass is 35.5. The molecule has 4 rings (SSSR count). The Morgan fingerprint density at radius 2 is 0.979 bits per heavy atom.